The Bertz CT molecular complexity index is 486. The van der Waals surface area contributed by atoms with Gasteiger partial charge in [-0.3, -0.25) is 4.79 Å². The molecule has 0 heterocycles. The molecule has 0 fully saturated rings. The zero-order valence-corrected chi connectivity index (χ0v) is 15.1. The number of hydrogen-bond acceptors (Lipinski definition) is 2. The highest BCUT2D eigenvalue weighted by atomic mass is 35.5. The van der Waals surface area contributed by atoms with E-state index in [1.807, 2.05) is 33.8 Å². The molecule has 0 spiro atoms. The first kappa shape index (κ1) is 20.5. The molecule has 0 aliphatic carbocycles. The highest BCUT2D eigenvalue weighted by molar-refractivity contribution is 6.42. The third kappa shape index (κ3) is 5.67. The van der Waals surface area contributed by atoms with Crippen molar-refractivity contribution in [1.29, 1.82) is 0 Å². The van der Waals surface area contributed by atoms with Crippen molar-refractivity contribution in [3.05, 3.63) is 33.8 Å². The summed E-state index contributed by atoms with van der Waals surface area (Å²) in [6.07, 6.45) is 0. The summed E-state index contributed by atoms with van der Waals surface area (Å²) in [6.45, 7) is 8.90. The Morgan fingerprint density at radius 3 is 2.29 bits per heavy atom. The van der Waals surface area contributed by atoms with Crippen LogP contribution in [0.3, 0.4) is 0 Å². The van der Waals surface area contributed by atoms with Crippen LogP contribution >= 0.6 is 35.6 Å². The number of carbonyl (C=O) groups excluding carboxylic acids is 1. The van der Waals surface area contributed by atoms with Gasteiger partial charge in [-0.25, -0.2) is 0 Å². The maximum atomic E-state index is 12.4. The van der Waals surface area contributed by atoms with Gasteiger partial charge in [0.2, 0.25) is 5.91 Å². The minimum atomic E-state index is -0.523. The lowest BCUT2D eigenvalue weighted by Gasteiger charge is -2.31. The van der Waals surface area contributed by atoms with E-state index in [0.717, 1.165) is 5.56 Å². The first-order valence-electron chi connectivity index (χ1n) is 6.65. The third-order valence-corrected chi connectivity index (χ3v) is 3.99. The van der Waals surface area contributed by atoms with Crippen molar-refractivity contribution in [2.24, 2.45) is 11.1 Å². The molecule has 3 nitrogen and oxygen atoms in total. The van der Waals surface area contributed by atoms with Gasteiger partial charge in [-0.1, -0.05) is 50.0 Å². The van der Waals surface area contributed by atoms with Crippen molar-refractivity contribution >= 4 is 41.5 Å². The predicted molar refractivity (Wildman–Crippen MR) is 92.2 cm³/mol. The molecule has 1 atom stereocenters. The normalized spacial score (nSPS) is 12.5. The summed E-state index contributed by atoms with van der Waals surface area (Å²) < 4.78 is 0. The Morgan fingerprint density at radius 2 is 1.86 bits per heavy atom. The molecule has 0 aliphatic rings. The van der Waals surface area contributed by atoms with Gasteiger partial charge in [-0.2, -0.15) is 0 Å². The summed E-state index contributed by atoms with van der Waals surface area (Å²) in [6, 6.07) is 4.86. The smallest absolute Gasteiger partial charge is 0.240 e. The molecule has 0 radical (unpaired) electrons. The maximum absolute atomic E-state index is 12.4. The van der Waals surface area contributed by atoms with E-state index in [2.05, 4.69) is 0 Å². The first-order chi connectivity index (χ1) is 9.16. The molecule has 0 aliphatic heterocycles. The summed E-state index contributed by atoms with van der Waals surface area (Å²) >= 11 is 11.9. The zero-order chi connectivity index (χ0) is 15.5. The fourth-order valence-electron chi connectivity index (χ4n) is 1.77. The van der Waals surface area contributed by atoms with Gasteiger partial charge in [-0.05, 0) is 30.0 Å². The topological polar surface area (TPSA) is 46.3 Å². The summed E-state index contributed by atoms with van der Waals surface area (Å²) in [7, 11) is 0. The van der Waals surface area contributed by atoms with Crippen molar-refractivity contribution in [1.82, 2.24) is 4.90 Å². The minimum absolute atomic E-state index is 0. The Labute approximate surface area is 143 Å². The van der Waals surface area contributed by atoms with Crippen molar-refractivity contribution in [2.45, 2.75) is 40.3 Å². The number of benzene rings is 1. The van der Waals surface area contributed by atoms with E-state index in [9.17, 15) is 4.79 Å². The highest BCUT2D eigenvalue weighted by Gasteiger charge is 2.30. The number of nitrogens with zero attached hydrogens (tertiary/aromatic N) is 1. The van der Waals surface area contributed by atoms with Crippen molar-refractivity contribution in [3.8, 4) is 0 Å². The van der Waals surface area contributed by atoms with E-state index in [4.69, 9.17) is 28.9 Å². The Hall–Kier alpha value is -0.480. The minimum Gasteiger partial charge on any atom is -0.337 e. The lowest BCUT2D eigenvalue weighted by Crippen LogP contribution is -2.50. The molecule has 0 unspecified atom stereocenters. The molecule has 6 heteroatoms. The number of rotatable bonds is 4. The molecular weight excluding hydrogens is 331 g/mol. The third-order valence-electron chi connectivity index (χ3n) is 3.25. The van der Waals surface area contributed by atoms with Crippen LogP contribution in [0, 0.1) is 5.41 Å². The number of nitrogens with two attached hydrogens (primary N) is 1. The van der Waals surface area contributed by atoms with E-state index >= 15 is 0 Å². The number of hydrogen-bond donors (Lipinski definition) is 1. The monoisotopic (exact) mass is 352 g/mol. The standard InChI is InChI=1S/C15H22Cl2N2O.ClH/c1-5-19(14(20)13(18)15(2,3)4)9-10-6-7-11(16)12(17)8-10;/h6-8,13H,5,9,18H2,1-4H3;1H/t13-;/m1./s1. The molecule has 0 saturated heterocycles. The van der Waals surface area contributed by atoms with Crippen LogP contribution in [-0.2, 0) is 11.3 Å². The SMILES string of the molecule is CCN(Cc1ccc(Cl)c(Cl)c1)C(=O)[C@@H](N)C(C)(C)C.Cl. The second-order valence-corrected chi connectivity index (χ2v) is 6.76. The molecule has 120 valence electrons. The van der Waals surface area contributed by atoms with Crippen LogP contribution in [-0.4, -0.2) is 23.4 Å². The van der Waals surface area contributed by atoms with Gasteiger partial charge in [-0.15, -0.1) is 12.4 Å². The average Bonchev–Trinajstić information content (AvgIpc) is 2.37. The van der Waals surface area contributed by atoms with Crippen molar-refractivity contribution in [3.63, 3.8) is 0 Å². The molecular formula is C15H23Cl3N2O. The van der Waals surface area contributed by atoms with E-state index in [1.54, 1.807) is 17.0 Å². The number of amides is 1. The molecule has 1 aromatic carbocycles. The molecule has 1 rings (SSSR count). The highest BCUT2D eigenvalue weighted by Crippen LogP contribution is 2.24. The number of likely N-dealkylation sites (N-methyl/N-ethyl adjacent to an activating group) is 1. The van der Waals surface area contributed by atoms with Gasteiger partial charge in [0.15, 0.2) is 0 Å². The predicted octanol–water partition coefficient (Wildman–Crippen LogP) is 4.14. The molecule has 0 aromatic heterocycles. The Kier molecular flexibility index (Phi) is 8.04. The van der Waals surface area contributed by atoms with Crippen LogP contribution in [0.1, 0.15) is 33.3 Å². The zero-order valence-electron chi connectivity index (χ0n) is 12.8. The number of halogens is 3. The molecule has 21 heavy (non-hydrogen) atoms. The molecule has 2 N–H and O–H groups in total. The van der Waals surface area contributed by atoms with Gasteiger partial charge in [0.1, 0.15) is 0 Å². The van der Waals surface area contributed by atoms with Crippen LogP contribution in [0.4, 0.5) is 0 Å². The average molecular weight is 354 g/mol. The van der Waals surface area contributed by atoms with Crippen molar-refractivity contribution in [2.75, 3.05) is 6.54 Å². The van der Waals surface area contributed by atoms with E-state index in [1.165, 1.54) is 0 Å². The van der Waals surface area contributed by atoms with Crippen LogP contribution in [0.15, 0.2) is 18.2 Å². The Balaban J connectivity index is 0.00000400. The van der Waals surface area contributed by atoms with Crippen LogP contribution in [0.25, 0.3) is 0 Å². The van der Waals surface area contributed by atoms with E-state index in [-0.39, 0.29) is 23.7 Å². The summed E-state index contributed by atoms with van der Waals surface area (Å²) in [5.41, 5.74) is 6.72. The van der Waals surface area contributed by atoms with Gasteiger partial charge < -0.3 is 10.6 Å². The fraction of sp³-hybridized carbons (Fsp3) is 0.533. The number of carbonyl (C=O) groups is 1. The first-order valence-corrected chi connectivity index (χ1v) is 7.40. The quantitative estimate of drug-likeness (QED) is 0.884. The summed E-state index contributed by atoms with van der Waals surface area (Å²) in [5.74, 6) is -0.0499. The Morgan fingerprint density at radius 1 is 1.29 bits per heavy atom. The van der Waals surface area contributed by atoms with Crippen LogP contribution < -0.4 is 5.73 Å². The summed E-state index contributed by atoms with van der Waals surface area (Å²) in [5, 5.41) is 1.00. The van der Waals surface area contributed by atoms with Gasteiger partial charge >= 0.3 is 0 Å². The van der Waals surface area contributed by atoms with Gasteiger partial charge in [0.25, 0.3) is 0 Å². The van der Waals surface area contributed by atoms with Crippen molar-refractivity contribution < 1.29 is 4.79 Å². The maximum Gasteiger partial charge on any atom is 0.240 e. The molecule has 0 bridgehead atoms. The summed E-state index contributed by atoms with van der Waals surface area (Å²) in [4.78, 5) is 14.2. The second-order valence-electron chi connectivity index (χ2n) is 5.94. The van der Waals surface area contributed by atoms with Crippen LogP contribution in [0.5, 0.6) is 0 Å². The molecule has 1 amide bonds. The van der Waals surface area contributed by atoms with Gasteiger partial charge in [0.05, 0.1) is 16.1 Å². The second kappa shape index (κ2) is 8.23. The molecule has 1 aromatic rings. The van der Waals surface area contributed by atoms with E-state index in [0.29, 0.717) is 23.1 Å². The fourth-order valence-corrected chi connectivity index (χ4v) is 2.09. The lowest BCUT2D eigenvalue weighted by molar-refractivity contribution is -0.135. The van der Waals surface area contributed by atoms with Gasteiger partial charge in [0, 0.05) is 13.1 Å². The molecule has 0 saturated carbocycles. The van der Waals surface area contributed by atoms with Crippen LogP contribution in [0.2, 0.25) is 10.0 Å². The largest absolute Gasteiger partial charge is 0.337 e. The van der Waals surface area contributed by atoms with E-state index < -0.39 is 6.04 Å². The lowest BCUT2D eigenvalue weighted by atomic mass is 9.86.